The SMILES string of the molecule is CC(CNC(C)(C)C)c1ccccc1C(F)(F)F. The van der Waals surface area contributed by atoms with Gasteiger partial charge in [0, 0.05) is 12.1 Å². The third-order valence-electron chi connectivity index (χ3n) is 2.74. The minimum absolute atomic E-state index is 0.0958. The van der Waals surface area contributed by atoms with E-state index < -0.39 is 11.7 Å². The Kier molecular flexibility index (Phi) is 4.43. The number of hydrogen-bond donors (Lipinski definition) is 1. The third-order valence-corrected chi connectivity index (χ3v) is 2.74. The topological polar surface area (TPSA) is 12.0 Å². The third kappa shape index (κ3) is 4.33. The Hall–Kier alpha value is -1.03. The summed E-state index contributed by atoms with van der Waals surface area (Å²) in [6.07, 6.45) is -4.29. The van der Waals surface area contributed by atoms with Crippen molar-refractivity contribution in [1.29, 1.82) is 0 Å². The molecule has 1 unspecified atom stereocenters. The molecular weight excluding hydrogens is 239 g/mol. The first-order valence-corrected chi connectivity index (χ1v) is 6.02. The van der Waals surface area contributed by atoms with E-state index in [4.69, 9.17) is 0 Å². The van der Waals surface area contributed by atoms with Crippen LogP contribution in [0.1, 0.15) is 44.7 Å². The van der Waals surface area contributed by atoms with Crippen molar-refractivity contribution >= 4 is 0 Å². The zero-order chi connectivity index (χ0) is 14.0. The Morgan fingerprint density at radius 2 is 1.67 bits per heavy atom. The van der Waals surface area contributed by atoms with Crippen LogP contribution in [0.3, 0.4) is 0 Å². The Labute approximate surface area is 106 Å². The molecule has 1 aromatic rings. The molecule has 0 aliphatic rings. The number of halogens is 3. The second kappa shape index (κ2) is 5.31. The van der Waals surface area contributed by atoms with E-state index in [1.807, 2.05) is 27.7 Å². The smallest absolute Gasteiger partial charge is 0.311 e. The summed E-state index contributed by atoms with van der Waals surface area (Å²) in [5.41, 5.74) is -0.281. The number of nitrogens with one attached hydrogen (secondary N) is 1. The number of alkyl halides is 3. The Morgan fingerprint density at radius 3 is 2.17 bits per heavy atom. The van der Waals surface area contributed by atoms with Crippen LogP contribution in [-0.2, 0) is 6.18 Å². The maximum absolute atomic E-state index is 12.9. The highest BCUT2D eigenvalue weighted by Crippen LogP contribution is 2.34. The van der Waals surface area contributed by atoms with Crippen molar-refractivity contribution in [2.75, 3.05) is 6.54 Å². The van der Waals surface area contributed by atoms with Gasteiger partial charge < -0.3 is 5.32 Å². The first-order chi connectivity index (χ1) is 8.11. The van der Waals surface area contributed by atoms with Crippen molar-refractivity contribution in [2.24, 2.45) is 0 Å². The van der Waals surface area contributed by atoms with Gasteiger partial charge in [0.15, 0.2) is 0 Å². The van der Waals surface area contributed by atoms with Gasteiger partial charge in [-0.15, -0.1) is 0 Å². The molecule has 0 aliphatic heterocycles. The van der Waals surface area contributed by atoms with Gasteiger partial charge in [0.2, 0.25) is 0 Å². The Balaban J connectivity index is 2.89. The fourth-order valence-corrected chi connectivity index (χ4v) is 1.75. The van der Waals surface area contributed by atoms with Gasteiger partial charge in [-0.3, -0.25) is 0 Å². The molecule has 0 heterocycles. The molecule has 1 rings (SSSR count). The highest BCUT2D eigenvalue weighted by molar-refractivity contribution is 5.32. The molecule has 1 aromatic carbocycles. The molecular formula is C14H20F3N. The molecule has 0 bridgehead atoms. The summed E-state index contributed by atoms with van der Waals surface area (Å²) in [5.74, 6) is -0.179. The van der Waals surface area contributed by atoms with E-state index in [-0.39, 0.29) is 11.5 Å². The maximum Gasteiger partial charge on any atom is 0.416 e. The summed E-state index contributed by atoms with van der Waals surface area (Å²) in [6, 6.07) is 5.77. The molecule has 0 radical (unpaired) electrons. The van der Waals surface area contributed by atoms with Crippen molar-refractivity contribution in [2.45, 2.75) is 45.3 Å². The summed E-state index contributed by atoms with van der Waals surface area (Å²) < 4.78 is 38.6. The standard InChI is InChI=1S/C14H20F3N/c1-10(9-18-13(2,3)4)11-7-5-6-8-12(11)14(15,16)17/h5-8,10,18H,9H2,1-4H3. The van der Waals surface area contributed by atoms with Crippen molar-refractivity contribution < 1.29 is 13.2 Å². The molecule has 0 fully saturated rings. The molecule has 1 N–H and O–H groups in total. The van der Waals surface area contributed by atoms with E-state index >= 15 is 0 Å². The molecule has 0 aromatic heterocycles. The second-order valence-corrected chi connectivity index (χ2v) is 5.62. The van der Waals surface area contributed by atoms with E-state index in [9.17, 15) is 13.2 Å². The largest absolute Gasteiger partial charge is 0.416 e. The highest BCUT2D eigenvalue weighted by atomic mass is 19.4. The minimum Gasteiger partial charge on any atom is -0.311 e. The molecule has 102 valence electrons. The van der Waals surface area contributed by atoms with Crippen LogP contribution >= 0.6 is 0 Å². The van der Waals surface area contributed by atoms with Gasteiger partial charge >= 0.3 is 6.18 Å². The lowest BCUT2D eigenvalue weighted by Gasteiger charge is -2.25. The van der Waals surface area contributed by atoms with E-state index in [2.05, 4.69) is 5.32 Å². The van der Waals surface area contributed by atoms with Crippen LogP contribution in [0, 0.1) is 0 Å². The monoisotopic (exact) mass is 259 g/mol. The van der Waals surface area contributed by atoms with E-state index in [0.29, 0.717) is 12.1 Å². The van der Waals surface area contributed by atoms with Gasteiger partial charge in [0.1, 0.15) is 0 Å². The quantitative estimate of drug-likeness (QED) is 0.858. The summed E-state index contributed by atoms with van der Waals surface area (Å²) >= 11 is 0. The fraction of sp³-hybridized carbons (Fsp3) is 0.571. The van der Waals surface area contributed by atoms with Crippen molar-refractivity contribution in [1.82, 2.24) is 5.32 Å². The minimum atomic E-state index is -4.29. The lowest BCUT2D eigenvalue weighted by atomic mass is 9.94. The summed E-state index contributed by atoms with van der Waals surface area (Å²) in [5, 5.41) is 3.23. The van der Waals surface area contributed by atoms with Crippen LogP contribution in [-0.4, -0.2) is 12.1 Å². The van der Waals surface area contributed by atoms with Crippen LogP contribution in [0.5, 0.6) is 0 Å². The van der Waals surface area contributed by atoms with Crippen LogP contribution < -0.4 is 5.32 Å². The maximum atomic E-state index is 12.9. The van der Waals surface area contributed by atoms with E-state index in [0.717, 1.165) is 6.07 Å². The van der Waals surface area contributed by atoms with Gasteiger partial charge in [-0.25, -0.2) is 0 Å². The molecule has 18 heavy (non-hydrogen) atoms. The van der Waals surface area contributed by atoms with Gasteiger partial charge in [-0.1, -0.05) is 25.1 Å². The molecule has 1 atom stereocenters. The van der Waals surface area contributed by atoms with Crippen LogP contribution in [0.2, 0.25) is 0 Å². The Bertz CT molecular complexity index is 391. The summed E-state index contributed by atoms with van der Waals surface area (Å²) in [6.45, 7) is 8.32. The zero-order valence-electron chi connectivity index (χ0n) is 11.2. The van der Waals surface area contributed by atoms with Gasteiger partial charge in [-0.2, -0.15) is 13.2 Å². The molecule has 0 amide bonds. The first-order valence-electron chi connectivity index (χ1n) is 6.02. The molecule has 0 saturated heterocycles. The van der Waals surface area contributed by atoms with Crippen LogP contribution in [0.15, 0.2) is 24.3 Å². The predicted octanol–water partition coefficient (Wildman–Crippen LogP) is 4.20. The highest BCUT2D eigenvalue weighted by Gasteiger charge is 2.34. The average Bonchev–Trinajstić information content (AvgIpc) is 2.24. The van der Waals surface area contributed by atoms with Crippen LogP contribution in [0.4, 0.5) is 13.2 Å². The van der Waals surface area contributed by atoms with Crippen molar-refractivity contribution in [3.05, 3.63) is 35.4 Å². The molecule has 0 saturated carbocycles. The van der Waals surface area contributed by atoms with Gasteiger partial charge in [-0.05, 0) is 38.3 Å². The van der Waals surface area contributed by atoms with E-state index in [1.54, 1.807) is 12.1 Å². The number of rotatable bonds is 3. The average molecular weight is 259 g/mol. The number of hydrogen-bond acceptors (Lipinski definition) is 1. The second-order valence-electron chi connectivity index (χ2n) is 5.62. The Morgan fingerprint density at radius 1 is 1.11 bits per heavy atom. The molecule has 1 nitrogen and oxygen atoms in total. The normalized spacial score (nSPS) is 14.6. The summed E-state index contributed by atoms with van der Waals surface area (Å²) in [7, 11) is 0. The van der Waals surface area contributed by atoms with Crippen molar-refractivity contribution in [3.63, 3.8) is 0 Å². The zero-order valence-corrected chi connectivity index (χ0v) is 11.2. The first kappa shape index (κ1) is 15.0. The lowest BCUT2D eigenvalue weighted by Crippen LogP contribution is -2.38. The van der Waals surface area contributed by atoms with Crippen LogP contribution in [0.25, 0.3) is 0 Å². The predicted molar refractivity (Wildman–Crippen MR) is 67.6 cm³/mol. The fourth-order valence-electron chi connectivity index (χ4n) is 1.75. The molecule has 0 spiro atoms. The molecule has 0 aliphatic carbocycles. The number of benzene rings is 1. The lowest BCUT2D eigenvalue weighted by molar-refractivity contribution is -0.138. The molecule has 4 heteroatoms. The summed E-state index contributed by atoms with van der Waals surface area (Å²) in [4.78, 5) is 0. The van der Waals surface area contributed by atoms with Gasteiger partial charge in [0.25, 0.3) is 0 Å². The van der Waals surface area contributed by atoms with E-state index in [1.165, 1.54) is 6.07 Å². The van der Waals surface area contributed by atoms with Crippen molar-refractivity contribution in [3.8, 4) is 0 Å². The van der Waals surface area contributed by atoms with Gasteiger partial charge in [0.05, 0.1) is 5.56 Å².